The highest BCUT2D eigenvalue weighted by molar-refractivity contribution is 6.30. The van der Waals surface area contributed by atoms with Crippen LogP contribution in [0.25, 0.3) is 0 Å². The highest BCUT2D eigenvalue weighted by Crippen LogP contribution is 2.22. The molecule has 0 aromatic heterocycles. The van der Waals surface area contributed by atoms with Crippen LogP contribution in [-0.2, 0) is 11.2 Å². The van der Waals surface area contributed by atoms with E-state index in [1.807, 2.05) is 0 Å². The number of carboxylic acids is 1. The van der Waals surface area contributed by atoms with Crippen molar-refractivity contribution in [1.82, 2.24) is 5.32 Å². The Morgan fingerprint density at radius 1 is 1.50 bits per heavy atom. The molecule has 1 aromatic rings. The molecule has 2 N–H and O–H groups in total. The number of carbonyl (C=O) groups is 1. The maximum atomic E-state index is 13.7. The molecule has 1 aliphatic rings. The molecule has 2 atom stereocenters. The zero-order valence-corrected chi connectivity index (χ0v) is 10.6. The van der Waals surface area contributed by atoms with Crippen LogP contribution in [-0.4, -0.2) is 23.2 Å². The van der Waals surface area contributed by atoms with E-state index in [0.717, 1.165) is 12.8 Å². The first kappa shape index (κ1) is 13.3. The Labute approximate surface area is 110 Å². The van der Waals surface area contributed by atoms with Crippen LogP contribution in [0.4, 0.5) is 4.39 Å². The Balaban J connectivity index is 2.05. The minimum absolute atomic E-state index is 0.00665. The third-order valence-electron chi connectivity index (χ3n) is 3.28. The number of rotatable bonds is 3. The number of piperidine rings is 1. The normalized spacial score (nSPS) is 23.9. The maximum absolute atomic E-state index is 13.7. The molecule has 98 valence electrons. The molecule has 1 saturated heterocycles. The van der Waals surface area contributed by atoms with Gasteiger partial charge in [-0.1, -0.05) is 23.7 Å². The van der Waals surface area contributed by atoms with Gasteiger partial charge in [0, 0.05) is 6.04 Å². The van der Waals surface area contributed by atoms with Crippen LogP contribution in [0.5, 0.6) is 0 Å². The SMILES string of the molecule is O=C(O)C1CCCC(Cc2cccc(Cl)c2F)N1. The summed E-state index contributed by atoms with van der Waals surface area (Å²) in [6.07, 6.45) is 2.80. The molecule has 0 bridgehead atoms. The molecular formula is C13H15ClFNO2. The number of nitrogens with one attached hydrogen (secondary N) is 1. The number of aliphatic carboxylic acids is 1. The van der Waals surface area contributed by atoms with E-state index in [0.29, 0.717) is 18.4 Å². The zero-order valence-electron chi connectivity index (χ0n) is 9.83. The largest absolute Gasteiger partial charge is 0.480 e. The van der Waals surface area contributed by atoms with Gasteiger partial charge in [-0.3, -0.25) is 4.79 Å². The van der Waals surface area contributed by atoms with Gasteiger partial charge in [0.25, 0.3) is 0 Å². The Kier molecular flexibility index (Phi) is 4.19. The van der Waals surface area contributed by atoms with Crippen molar-refractivity contribution in [3.05, 3.63) is 34.6 Å². The van der Waals surface area contributed by atoms with E-state index < -0.39 is 17.8 Å². The minimum Gasteiger partial charge on any atom is -0.480 e. The lowest BCUT2D eigenvalue weighted by molar-refractivity contribution is -0.140. The monoisotopic (exact) mass is 271 g/mol. The van der Waals surface area contributed by atoms with Crippen LogP contribution in [0.3, 0.4) is 0 Å². The van der Waals surface area contributed by atoms with Gasteiger partial charge in [-0.25, -0.2) is 4.39 Å². The first-order valence-corrected chi connectivity index (χ1v) is 6.37. The predicted molar refractivity (Wildman–Crippen MR) is 67.3 cm³/mol. The molecular weight excluding hydrogens is 257 g/mol. The molecule has 1 heterocycles. The fourth-order valence-electron chi connectivity index (χ4n) is 2.35. The van der Waals surface area contributed by atoms with Crippen molar-refractivity contribution in [3.63, 3.8) is 0 Å². The summed E-state index contributed by atoms with van der Waals surface area (Å²) in [4.78, 5) is 10.9. The smallest absolute Gasteiger partial charge is 0.320 e. The van der Waals surface area contributed by atoms with Gasteiger partial charge in [-0.15, -0.1) is 0 Å². The Morgan fingerprint density at radius 3 is 3.00 bits per heavy atom. The molecule has 1 aliphatic heterocycles. The first-order chi connectivity index (χ1) is 8.58. The number of benzene rings is 1. The molecule has 0 spiro atoms. The van der Waals surface area contributed by atoms with E-state index in [4.69, 9.17) is 16.7 Å². The lowest BCUT2D eigenvalue weighted by atomic mass is 9.94. The quantitative estimate of drug-likeness (QED) is 0.888. The lowest BCUT2D eigenvalue weighted by Crippen LogP contribution is -2.47. The average molecular weight is 272 g/mol. The third-order valence-corrected chi connectivity index (χ3v) is 3.57. The lowest BCUT2D eigenvalue weighted by Gasteiger charge is -2.28. The van der Waals surface area contributed by atoms with Gasteiger partial charge in [0.2, 0.25) is 0 Å². The fraction of sp³-hybridized carbons (Fsp3) is 0.462. The number of hydrogen-bond donors (Lipinski definition) is 2. The van der Waals surface area contributed by atoms with Crippen LogP contribution < -0.4 is 5.32 Å². The second-order valence-electron chi connectivity index (χ2n) is 4.60. The van der Waals surface area contributed by atoms with Crippen LogP contribution in [0.1, 0.15) is 24.8 Å². The summed E-state index contributed by atoms with van der Waals surface area (Å²) in [6.45, 7) is 0. The van der Waals surface area contributed by atoms with E-state index >= 15 is 0 Å². The highest BCUT2D eigenvalue weighted by Gasteiger charge is 2.26. The van der Waals surface area contributed by atoms with Gasteiger partial charge in [0.15, 0.2) is 0 Å². The van der Waals surface area contributed by atoms with Crippen molar-refractivity contribution in [2.45, 2.75) is 37.8 Å². The summed E-state index contributed by atoms with van der Waals surface area (Å²) in [7, 11) is 0. The fourth-order valence-corrected chi connectivity index (χ4v) is 2.54. The van der Waals surface area contributed by atoms with E-state index in [9.17, 15) is 9.18 Å². The van der Waals surface area contributed by atoms with Gasteiger partial charge in [-0.2, -0.15) is 0 Å². The van der Waals surface area contributed by atoms with Gasteiger partial charge < -0.3 is 10.4 Å². The molecule has 2 unspecified atom stereocenters. The van der Waals surface area contributed by atoms with Crippen LogP contribution in [0.2, 0.25) is 5.02 Å². The second kappa shape index (κ2) is 5.67. The van der Waals surface area contributed by atoms with Gasteiger partial charge in [0.1, 0.15) is 11.9 Å². The van der Waals surface area contributed by atoms with Gasteiger partial charge >= 0.3 is 5.97 Å². The van der Waals surface area contributed by atoms with Crippen LogP contribution in [0, 0.1) is 5.82 Å². The van der Waals surface area contributed by atoms with E-state index in [1.165, 1.54) is 6.07 Å². The molecule has 5 heteroatoms. The molecule has 0 amide bonds. The van der Waals surface area contributed by atoms with Crippen molar-refractivity contribution in [3.8, 4) is 0 Å². The van der Waals surface area contributed by atoms with Crippen molar-refractivity contribution < 1.29 is 14.3 Å². The summed E-state index contributed by atoms with van der Waals surface area (Å²) < 4.78 is 13.7. The molecule has 3 nitrogen and oxygen atoms in total. The Bertz CT molecular complexity index is 453. The van der Waals surface area contributed by atoms with Crippen molar-refractivity contribution in [1.29, 1.82) is 0 Å². The molecule has 0 radical (unpaired) electrons. The standard InChI is InChI=1S/C13H15ClFNO2/c14-10-5-1-3-8(12(10)15)7-9-4-2-6-11(16-9)13(17)18/h1,3,5,9,11,16H,2,4,6-7H2,(H,17,18). The predicted octanol–water partition coefficient (Wildman–Crippen LogP) is 2.62. The Morgan fingerprint density at radius 2 is 2.28 bits per heavy atom. The van der Waals surface area contributed by atoms with Crippen molar-refractivity contribution in [2.75, 3.05) is 0 Å². The van der Waals surface area contributed by atoms with Crippen molar-refractivity contribution >= 4 is 17.6 Å². The summed E-state index contributed by atoms with van der Waals surface area (Å²) >= 11 is 5.72. The summed E-state index contributed by atoms with van der Waals surface area (Å²) in [6, 6.07) is 4.37. The maximum Gasteiger partial charge on any atom is 0.320 e. The summed E-state index contributed by atoms with van der Waals surface area (Å²) in [5, 5.41) is 12.1. The van der Waals surface area contributed by atoms with E-state index in [-0.39, 0.29) is 11.1 Å². The minimum atomic E-state index is -0.841. The number of carboxylic acid groups (broad SMARTS) is 1. The van der Waals surface area contributed by atoms with Crippen LogP contribution in [0.15, 0.2) is 18.2 Å². The molecule has 18 heavy (non-hydrogen) atoms. The average Bonchev–Trinajstić information content (AvgIpc) is 2.35. The molecule has 1 fully saturated rings. The molecule has 0 aliphatic carbocycles. The number of hydrogen-bond acceptors (Lipinski definition) is 2. The second-order valence-corrected chi connectivity index (χ2v) is 5.01. The van der Waals surface area contributed by atoms with Gasteiger partial charge in [0.05, 0.1) is 5.02 Å². The van der Waals surface area contributed by atoms with Gasteiger partial charge in [-0.05, 0) is 37.3 Å². The summed E-state index contributed by atoms with van der Waals surface area (Å²) in [5.74, 6) is -1.25. The third kappa shape index (κ3) is 3.00. The van der Waals surface area contributed by atoms with E-state index in [1.54, 1.807) is 12.1 Å². The number of halogens is 2. The Hall–Kier alpha value is -1.13. The first-order valence-electron chi connectivity index (χ1n) is 5.99. The topological polar surface area (TPSA) is 49.3 Å². The van der Waals surface area contributed by atoms with E-state index in [2.05, 4.69) is 5.32 Å². The van der Waals surface area contributed by atoms with Crippen molar-refractivity contribution in [2.24, 2.45) is 0 Å². The highest BCUT2D eigenvalue weighted by atomic mass is 35.5. The molecule has 1 aromatic carbocycles. The van der Waals surface area contributed by atoms with Crippen LogP contribution >= 0.6 is 11.6 Å². The summed E-state index contributed by atoms with van der Waals surface area (Å²) in [5.41, 5.74) is 0.533. The molecule has 2 rings (SSSR count). The molecule has 0 saturated carbocycles. The zero-order chi connectivity index (χ0) is 13.1.